The highest BCUT2D eigenvalue weighted by atomic mass is 15.2. The Kier molecular flexibility index (Phi) is 12.1. The first-order valence-electron chi connectivity index (χ1n) is 33.0. The van der Waals surface area contributed by atoms with E-state index < -0.39 is 0 Å². The first-order valence-corrected chi connectivity index (χ1v) is 33.0. The molecule has 5 nitrogen and oxygen atoms in total. The van der Waals surface area contributed by atoms with E-state index in [1.165, 1.54) is 163 Å². The molecule has 93 heavy (non-hydrogen) atoms. The Bertz CT molecular complexity index is 5790. The number of nitrogens with zero attached hydrogens (tertiary/aromatic N) is 5. The van der Waals surface area contributed by atoms with Crippen molar-refractivity contribution in [1.82, 2.24) is 13.7 Å². The molecule has 0 amide bonds. The molecule has 0 spiro atoms. The van der Waals surface area contributed by atoms with E-state index in [9.17, 15) is 5.26 Å². The SMILES string of the molecule is CC1CCC2c3ccc(-c4ccc5c(c4)c4ccccc4n5-c4ccccc4)cc3N(c3cccc4c3Cc3ccccc3-4)C2C1.N#Cc1ccc2c3cc(-c4ccc5c(c4)c4ccccc4n5-c4ccccc4)ccc3n(-c3cccc4c3Cc3ccccc3-4)c2c1. The van der Waals surface area contributed by atoms with Crippen molar-refractivity contribution in [2.75, 3.05) is 4.90 Å². The van der Waals surface area contributed by atoms with Gasteiger partial charge in [-0.25, -0.2) is 0 Å². The van der Waals surface area contributed by atoms with Gasteiger partial charge in [0.25, 0.3) is 0 Å². The Morgan fingerprint density at radius 2 is 0.806 bits per heavy atom. The van der Waals surface area contributed by atoms with Crippen LogP contribution in [0.5, 0.6) is 0 Å². The summed E-state index contributed by atoms with van der Waals surface area (Å²) in [6.07, 6.45) is 5.75. The monoisotopic (exact) mass is 1190 g/mol. The van der Waals surface area contributed by atoms with Crippen molar-refractivity contribution in [3.8, 4) is 67.6 Å². The molecule has 0 saturated heterocycles. The minimum Gasteiger partial charge on any atom is -0.337 e. The highest BCUT2D eigenvalue weighted by molar-refractivity contribution is 6.14. The number of hydrogen-bond donors (Lipinski definition) is 0. The van der Waals surface area contributed by atoms with E-state index in [0.29, 0.717) is 17.5 Å². The average Bonchev–Trinajstić information content (AvgIpc) is 1.67. The van der Waals surface area contributed by atoms with E-state index in [0.717, 1.165) is 40.9 Å². The Labute approximate surface area is 540 Å². The third kappa shape index (κ3) is 8.31. The fourth-order valence-electron chi connectivity index (χ4n) is 17.0. The number of anilines is 2. The van der Waals surface area contributed by atoms with Crippen molar-refractivity contribution in [3.05, 3.63) is 318 Å². The topological polar surface area (TPSA) is 41.8 Å². The van der Waals surface area contributed by atoms with Gasteiger partial charge in [-0.15, -0.1) is 0 Å². The standard InChI is InChI=1S/C44H27N3.C44H36N2/c45-27-28-17-20-36-39-25-30(29-18-21-42-38(24-29)35-13-6-7-15-40(35)46(42)32-10-2-1-3-11-32)19-22-43(39)47(44(36)23-28)41-16-8-14-34-33-12-5-4-9-31(33)26-37(34)41;1-28-18-21-36-37-22-19-30(29-20-23-42-39(25-29)35-14-7-8-16-40(35)45(42)32-11-3-2-4-12-32)27-44(37)46(43(36)24-28)41-17-9-15-34-33-13-6-5-10-31(33)26-38(34)41/h1-25H,26H2;2-17,19-20,22-23,25,27-28,36,43H,18,21,24,26H2,1H3. The van der Waals surface area contributed by atoms with Crippen molar-refractivity contribution >= 4 is 76.8 Å². The maximum Gasteiger partial charge on any atom is 0.0992 e. The highest BCUT2D eigenvalue weighted by Crippen LogP contribution is 2.56. The van der Waals surface area contributed by atoms with Gasteiger partial charge in [0, 0.05) is 79.9 Å². The molecule has 0 bridgehead atoms. The zero-order valence-corrected chi connectivity index (χ0v) is 51.6. The number of rotatable bonds is 6. The van der Waals surface area contributed by atoms with Crippen molar-refractivity contribution in [2.45, 2.75) is 51.0 Å². The van der Waals surface area contributed by atoms with E-state index in [1.54, 1.807) is 0 Å². The van der Waals surface area contributed by atoms with Crippen LogP contribution in [-0.4, -0.2) is 19.7 Å². The van der Waals surface area contributed by atoms with Crippen molar-refractivity contribution in [2.24, 2.45) is 5.92 Å². The van der Waals surface area contributed by atoms with Gasteiger partial charge in [0.2, 0.25) is 0 Å². The van der Waals surface area contributed by atoms with E-state index in [1.807, 2.05) is 12.1 Å². The molecule has 1 saturated carbocycles. The number of fused-ring (bicyclic) bond motifs is 18. The summed E-state index contributed by atoms with van der Waals surface area (Å²) in [7, 11) is 0. The third-order valence-electron chi connectivity index (χ3n) is 21.2. The summed E-state index contributed by atoms with van der Waals surface area (Å²) in [6, 6.07) is 107. The molecule has 16 aromatic rings. The molecular formula is C88H63N5. The van der Waals surface area contributed by atoms with Crippen molar-refractivity contribution < 1.29 is 0 Å². The Balaban J connectivity index is 0.000000133. The zero-order chi connectivity index (χ0) is 61.4. The molecule has 1 aliphatic heterocycles. The molecule has 3 aromatic heterocycles. The van der Waals surface area contributed by atoms with Gasteiger partial charge in [-0.1, -0.05) is 189 Å². The lowest BCUT2D eigenvalue weighted by Crippen LogP contribution is -2.35. The normalized spacial score (nSPS) is 15.9. The van der Waals surface area contributed by atoms with Gasteiger partial charge in [0.1, 0.15) is 0 Å². The summed E-state index contributed by atoms with van der Waals surface area (Å²) in [4.78, 5) is 2.77. The average molecular weight is 1190 g/mol. The molecule has 1 fully saturated rings. The quantitative estimate of drug-likeness (QED) is 0.166. The van der Waals surface area contributed by atoms with Crippen LogP contribution in [0.15, 0.2) is 285 Å². The van der Waals surface area contributed by atoms with Crippen LogP contribution >= 0.6 is 0 Å². The van der Waals surface area contributed by atoms with Gasteiger partial charge in [0.05, 0.1) is 50.4 Å². The van der Waals surface area contributed by atoms with Crippen molar-refractivity contribution in [1.29, 1.82) is 5.26 Å². The molecule has 3 atom stereocenters. The second-order valence-corrected chi connectivity index (χ2v) is 26.3. The van der Waals surface area contributed by atoms with Crippen LogP contribution in [0.4, 0.5) is 11.4 Å². The number of nitriles is 1. The maximum absolute atomic E-state index is 9.87. The summed E-state index contributed by atoms with van der Waals surface area (Å²) in [6.45, 7) is 2.45. The van der Waals surface area contributed by atoms with Gasteiger partial charge in [0.15, 0.2) is 0 Å². The Morgan fingerprint density at radius 3 is 1.39 bits per heavy atom. The van der Waals surface area contributed by atoms with E-state index in [4.69, 9.17) is 0 Å². The molecule has 0 radical (unpaired) electrons. The predicted molar refractivity (Wildman–Crippen MR) is 386 cm³/mol. The van der Waals surface area contributed by atoms with Crippen LogP contribution < -0.4 is 4.90 Å². The van der Waals surface area contributed by atoms with E-state index >= 15 is 0 Å². The second-order valence-electron chi connectivity index (χ2n) is 26.3. The Morgan fingerprint density at radius 1 is 0.344 bits per heavy atom. The molecule has 20 rings (SSSR count). The van der Waals surface area contributed by atoms with Crippen molar-refractivity contribution in [3.63, 3.8) is 0 Å². The largest absolute Gasteiger partial charge is 0.337 e. The lowest BCUT2D eigenvalue weighted by atomic mass is 9.77. The van der Waals surface area contributed by atoms with Crippen LogP contribution in [-0.2, 0) is 12.8 Å². The van der Waals surface area contributed by atoms with Crippen LogP contribution in [0, 0.1) is 17.2 Å². The molecule has 4 aliphatic rings. The van der Waals surface area contributed by atoms with Gasteiger partial charge >= 0.3 is 0 Å². The molecule has 440 valence electrons. The first-order chi connectivity index (χ1) is 46.0. The summed E-state index contributed by atoms with van der Waals surface area (Å²) in [5, 5.41) is 17.3. The van der Waals surface area contributed by atoms with Gasteiger partial charge in [-0.05, 0) is 201 Å². The van der Waals surface area contributed by atoms with E-state index in [2.05, 4.69) is 305 Å². The fraction of sp³-hybridized carbons (Fsp3) is 0.102. The summed E-state index contributed by atoms with van der Waals surface area (Å²) in [5.41, 5.74) is 31.7. The molecule has 3 unspecified atom stereocenters. The fourth-order valence-corrected chi connectivity index (χ4v) is 17.0. The Hall–Kier alpha value is -11.5. The van der Waals surface area contributed by atoms with Crippen LogP contribution in [0.2, 0.25) is 0 Å². The number of hydrogen-bond acceptors (Lipinski definition) is 2. The van der Waals surface area contributed by atoms with Crippen LogP contribution in [0.25, 0.3) is 127 Å². The molecule has 3 aliphatic carbocycles. The van der Waals surface area contributed by atoms with Gasteiger partial charge < -0.3 is 18.6 Å². The minimum atomic E-state index is 0.510. The lowest BCUT2D eigenvalue weighted by Gasteiger charge is -2.37. The summed E-state index contributed by atoms with van der Waals surface area (Å²) in [5.74, 6) is 1.34. The molecule has 0 N–H and O–H groups in total. The third-order valence-corrected chi connectivity index (χ3v) is 21.2. The van der Waals surface area contributed by atoms with Gasteiger partial charge in [-0.2, -0.15) is 5.26 Å². The second kappa shape index (κ2) is 21.1. The number of benzene rings is 13. The zero-order valence-electron chi connectivity index (χ0n) is 51.6. The summed E-state index contributed by atoms with van der Waals surface area (Å²) >= 11 is 0. The smallest absolute Gasteiger partial charge is 0.0992 e. The molecule has 5 heteroatoms. The minimum absolute atomic E-state index is 0.510. The highest BCUT2D eigenvalue weighted by Gasteiger charge is 2.43. The maximum atomic E-state index is 9.87. The van der Waals surface area contributed by atoms with Gasteiger partial charge in [-0.3, -0.25) is 0 Å². The number of para-hydroxylation sites is 4. The molecular weight excluding hydrogens is 1130 g/mol. The van der Waals surface area contributed by atoms with Crippen LogP contribution in [0.1, 0.15) is 65.5 Å². The summed E-state index contributed by atoms with van der Waals surface area (Å²) < 4.78 is 7.13. The number of aromatic nitrogens is 3. The first kappa shape index (κ1) is 53.4. The van der Waals surface area contributed by atoms with E-state index in [-0.39, 0.29) is 0 Å². The molecule has 4 heterocycles. The molecule has 13 aromatic carbocycles. The predicted octanol–water partition coefficient (Wildman–Crippen LogP) is 22.4. The lowest BCUT2D eigenvalue weighted by molar-refractivity contribution is 0.318. The van der Waals surface area contributed by atoms with Crippen LogP contribution in [0.3, 0.4) is 0 Å².